The summed E-state index contributed by atoms with van der Waals surface area (Å²) in [6.45, 7) is 5.83. The molecule has 0 atom stereocenters. The summed E-state index contributed by atoms with van der Waals surface area (Å²) in [6, 6.07) is 6.79. The van der Waals surface area contributed by atoms with Gasteiger partial charge in [0.15, 0.2) is 5.65 Å². The van der Waals surface area contributed by atoms with Crippen LogP contribution in [0.5, 0.6) is 5.88 Å². The van der Waals surface area contributed by atoms with Gasteiger partial charge in [0.25, 0.3) is 5.56 Å². The molecule has 0 aliphatic carbocycles. The number of piperidine rings is 1. The van der Waals surface area contributed by atoms with Crippen molar-refractivity contribution in [2.24, 2.45) is 0 Å². The number of halogens is 3. The summed E-state index contributed by atoms with van der Waals surface area (Å²) in [7, 11) is 1.39. The van der Waals surface area contributed by atoms with Gasteiger partial charge in [0.05, 0.1) is 25.4 Å². The fourth-order valence-corrected chi connectivity index (χ4v) is 4.48. The highest BCUT2D eigenvalue weighted by Crippen LogP contribution is 2.33. The van der Waals surface area contributed by atoms with Crippen LogP contribution in [0.2, 0.25) is 0 Å². The van der Waals surface area contributed by atoms with Gasteiger partial charge in [-0.25, -0.2) is 9.78 Å². The Morgan fingerprint density at radius 1 is 1.14 bits per heavy atom. The number of rotatable bonds is 4. The highest BCUT2D eigenvalue weighted by Gasteiger charge is 2.34. The van der Waals surface area contributed by atoms with E-state index in [9.17, 15) is 22.8 Å². The Bertz CT molecular complexity index is 1360. The van der Waals surface area contributed by atoms with Gasteiger partial charge < -0.3 is 14.4 Å². The third-order valence-electron chi connectivity index (χ3n) is 6.25. The summed E-state index contributed by atoms with van der Waals surface area (Å²) in [4.78, 5) is 36.4. The number of alkyl halides is 3. The van der Waals surface area contributed by atoms with Crippen molar-refractivity contribution in [3.63, 3.8) is 0 Å². The molecule has 1 saturated heterocycles. The number of likely N-dealkylation sites (tertiary alicyclic amines) is 1. The molecule has 0 bridgehead atoms. The number of pyridine rings is 1. The molecule has 1 aliphatic rings. The molecule has 0 radical (unpaired) electrons. The van der Waals surface area contributed by atoms with E-state index < -0.39 is 29.0 Å². The Labute approximate surface area is 212 Å². The number of hydrogen-bond donors (Lipinski definition) is 0. The van der Waals surface area contributed by atoms with Gasteiger partial charge in [-0.2, -0.15) is 18.2 Å². The zero-order valence-corrected chi connectivity index (χ0v) is 21.1. The predicted molar refractivity (Wildman–Crippen MR) is 131 cm³/mol. The molecule has 0 N–H and O–H groups in total. The topological polar surface area (TPSA) is 86.5 Å². The summed E-state index contributed by atoms with van der Waals surface area (Å²) in [5.41, 5.74) is -0.998. The Hall–Kier alpha value is -3.63. The molecule has 3 heterocycles. The Morgan fingerprint density at radius 2 is 1.81 bits per heavy atom. The van der Waals surface area contributed by atoms with Crippen LogP contribution in [0.15, 0.2) is 41.3 Å². The number of aromatic nitrogens is 3. The Morgan fingerprint density at radius 3 is 2.43 bits per heavy atom. The van der Waals surface area contributed by atoms with E-state index in [0.717, 1.165) is 6.07 Å². The number of nitrogens with zero attached hydrogens (tertiary/aromatic N) is 4. The highest BCUT2D eigenvalue weighted by molar-refractivity contribution is 5.72. The summed E-state index contributed by atoms with van der Waals surface area (Å²) >= 11 is 0. The van der Waals surface area contributed by atoms with Gasteiger partial charge in [0.2, 0.25) is 5.88 Å². The molecule has 1 fully saturated rings. The van der Waals surface area contributed by atoms with E-state index in [4.69, 9.17) is 9.47 Å². The van der Waals surface area contributed by atoms with Crippen LogP contribution < -0.4 is 10.3 Å². The molecule has 1 amide bonds. The molecule has 0 unspecified atom stereocenters. The number of fused-ring (bicyclic) bond motifs is 1. The van der Waals surface area contributed by atoms with E-state index >= 15 is 0 Å². The van der Waals surface area contributed by atoms with Gasteiger partial charge >= 0.3 is 12.3 Å². The second-order valence-electron chi connectivity index (χ2n) is 10.0. The minimum Gasteiger partial charge on any atom is -0.480 e. The number of carbonyl (C=O) groups excluding carboxylic acids is 1. The lowest BCUT2D eigenvalue weighted by molar-refractivity contribution is -0.138. The molecule has 4 rings (SSSR count). The average Bonchev–Trinajstić information content (AvgIpc) is 2.84. The van der Waals surface area contributed by atoms with Crippen LogP contribution in [-0.4, -0.2) is 51.3 Å². The van der Waals surface area contributed by atoms with Crippen molar-refractivity contribution in [2.45, 2.75) is 57.9 Å². The van der Waals surface area contributed by atoms with Crippen molar-refractivity contribution in [1.82, 2.24) is 19.4 Å². The minimum atomic E-state index is -4.58. The molecule has 1 aromatic carbocycles. The predicted octanol–water partition coefficient (Wildman–Crippen LogP) is 4.98. The number of amides is 1. The van der Waals surface area contributed by atoms with Crippen molar-refractivity contribution in [3.05, 3.63) is 63.6 Å². The molecule has 2 aromatic heterocycles. The minimum absolute atomic E-state index is 0.0556. The largest absolute Gasteiger partial charge is 0.480 e. The number of benzene rings is 1. The van der Waals surface area contributed by atoms with Gasteiger partial charge in [0.1, 0.15) is 11.1 Å². The van der Waals surface area contributed by atoms with Crippen LogP contribution >= 0.6 is 0 Å². The van der Waals surface area contributed by atoms with E-state index in [1.807, 2.05) is 0 Å². The monoisotopic (exact) mass is 518 g/mol. The van der Waals surface area contributed by atoms with Gasteiger partial charge in [-0.15, -0.1) is 0 Å². The van der Waals surface area contributed by atoms with E-state index in [1.165, 1.54) is 36.1 Å². The van der Waals surface area contributed by atoms with Crippen molar-refractivity contribution < 1.29 is 27.4 Å². The average molecular weight is 519 g/mol. The van der Waals surface area contributed by atoms with Crippen molar-refractivity contribution >= 4 is 17.3 Å². The molecule has 1 aliphatic heterocycles. The summed E-state index contributed by atoms with van der Waals surface area (Å²) in [6.07, 6.45) is -2.59. The van der Waals surface area contributed by atoms with E-state index in [-0.39, 0.29) is 29.6 Å². The number of methoxy groups -OCH3 is 1. The SMILES string of the molecule is COc1cnc2cc(C3CCN(C(=O)OC(C)(C)C)CC3)c(=O)n(Cc3ccccc3C(F)(F)F)c2n1. The third-order valence-corrected chi connectivity index (χ3v) is 6.25. The summed E-state index contributed by atoms with van der Waals surface area (Å²) in [5.74, 6) is -0.0632. The maximum atomic E-state index is 13.7. The van der Waals surface area contributed by atoms with E-state index in [2.05, 4.69) is 9.97 Å². The van der Waals surface area contributed by atoms with Crippen LogP contribution in [0.4, 0.5) is 18.0 Å². The van der Waals surface area contributed by atoms with E-state index in [0.29, 0.717) is 37.0 Å². The first-order valence-corrected chi connectivity index (χ1v) is 11.9. The van der Waals surface area contributed by atoms with Crippen molar-refractivity contribution in [1.29, 1.82) is 0 Å². The molecular formula is C26H29F3N4O4. The maximum Gasteiger partial charge on any atom is 0.416 e. The van der Waals surface area contributed by atoms with Crippen LogP contribution in [0.3, 0.4) is 0 Å². The van der Waals surface area contributed by atoms with Crippen LogP contribution in [0, 0.1) is 0 Å². The maximum absolute atomic E-state index is 13.7. The first-order chi connectivity index (χ1) is 17.4. The quantitative estimate of drug-likeness (QED) is 0.484. The van der Waals surface area contributed by atoms with Crippen LogP contribution in [-0.2, 0) is 17.5 Å². The number of hydrogen-bond acceptors (Lipinski definition) is 6. The number of ether oxygens (including phenoxy) is 2. The fraction of sp³-hybridized carbons (Fsp3) is 0.462. The molecule has 11 heteroatoms. The second kappa shape index (κ2) is 10.0. The summed E-state index contributed by atoms with van der Waals surface area (Å²) < 4.78 is 52.9. The lowest BCUT2D eigenvalue weighted by Crippen LogP contribution is -2.42. The van der Waals surface area contributed by atoms with Gasteiger partial charge in [0, 0.05) is 18.7 Å². The zero-order valence-electron chi connectivity index (χ0n) is 21.1. The molecule has 3 aromatic rings. The molecule has 0 saturated carbocycles. The Balaban J connectivity index is 1.72. The molecular weight excluding hydrogens is 489 g/mol. The molecule has 0 spiro atoms. The normalized spacial score (nSPS) is 15.2. The molecule has 8 nitrogen and oxygen atoms in total. The number of carbonyl (C=O) groups is 1. The third kappa shape index (κ3) is 5.86. The van der Waals surface area contributed by atoms with Gasteiger partial charge in [-0.05, 0) is 57.2 Å². The van der Waals surface area contributed by atoms with Crippen LogP contribution in [0.25, 0.3) is 11.2 Å². The zero-order chi connectivity index (χ0) is 27.0. The molecule has 198 valence electrons. The van der Waals surface area contributed by atoms with Gasteiger partial charge in [-0.1, -0.05) is 18.2 Å². The second-order valence-corrected chi connectivity index (χ2v) is 10.0. The van der Waals surface area contributed by atoms with E-state index in [1.54, 1.807) is 31.7 Å². The van der Waals surface area contributed by atoms with Crippen LogP contribution in [0.1, 0.15) is 56.2 Å². The lowest BCUT2D eigenvalue weighted by atomic mass is 9.90. The first-order valence-electron chi connectivity index (χ1n) is 11.9. The van der Waals surface area contributed by atoms with Crippen molar-refractivity contribution in [3.8, 4) is 5.88 Å². The highest BCUT2D eigenvalue weighted by atomic mass is 19.4. The van der Waals surface area contributed by atoms with Gasteiger partial charge in [-0.3, -0.25) is 9.36 Å². The first kappa shape index (κ1) is 26.4. The lowest BCUT2D eigenvalue weighted by Gasteiger charge is -2.33. The van der Waals surface area contributed by atoms with Crippen molar-refractivity contribution in [2.75, 3.05) is 20.2 Å². The molecule has 37 heavy (non-hydrogen) atoms. The Kier molecular flexibility index (Phi) is 7.16. The fourth-order valence-electron chi connectivity index (χ4n) is 4.48. The standard InChI is InChI=1S/C26H29F3N4O4/c1-25(2,3)37-24(35)32-11-9-16(10-12-32)18-13-20-22(31-21(36-4)14-30-20)33(23(18)34)15-17-7-5-6-8-19(17)26(27,28)29/h5-8,13-14,16H,9-12,15H2,1-4H3. The smallest absolute Gasteiger partial charge is 0.416 e. The summed E-state index contributed by atoms with van der Waals surface area (Å²) in [5, 5.41) is 0.